The van der Waals surface area contributed by atoms with E-state index in [9.17, 15) is 24.5 Å². The van der Waals surface area contributed by atoms with Crippen LogP contribution in [-0.4, -0.2) is 47.3 Å². The predicted octanol–water partition coefficient (Wildman–Crippen LogP) is 1.33. The number of likely N-dealkylation sites (tertiary alicyclic amines) is 1. The predicted molar refractivity (Wildman–Crippen MR) is 87.7 cm³/mol. The largest absolute Gasteiger partial charge is 0.466 e. The number of carbonyl (C=O) groups excluding carboxylic acids is 3. The molecule has 0 atom stereocenters. The molecule has 1 aliphatic rings. The maximum Gasteiger partial charge on any atom is 0.313 e. The van der Waals surface area contributed by atoms with Gasteiger partial charge in [0, 0.05) is 30.9 Å². The first-order valence-electron chi connectivity index (χ1n) is 7.93. The van der Waals surface area contributed by atoms with Crippen molar-refractivity contribution in [2.45, 2.75) is 19.8 Å². The van der Waals surface area contributed by atoms with Crippen molar-refractivity contribution in [1.82, 2.24) is 4.90 Å². The number of nitro benzene ring substituents is 1. The zero-order valence-electron chi connectivity index (χ0n) is 13.8. The van der Waals surface area contributed by atoms with Gasteiger partial charge in [-0.15, -0.1) is 0 Å². The molecule has 1 saturated heterocycles. The Balaban J connectivity index is 1.87. The lowest BCUT2D eigenvalue weighted by Gasteiger charge is -2.30. The summed E-state index contributed by atoms with van der Waals surface area (Å²) in [6.07, 6.45) is 0.908. The second kappa shape index (κ2) is 8.22. The Morgan fingerprint density at radius 1 is 1.24 bits per heavy atom. The lowest BCUT2D eigenvalue weighted by Crippen LogP contribution is -2.45. The van der Waals surface area contributed by atoms with Crippen LogP contribution in [-0.2, 0) is 19.1 Å². The van der Waals surface area contributed by atoms with E-state index in [1.807, 2.05) is 0 Å². The average Bonchev–Trinajstić information content (AvgIpc) is 2.61. The van der Waals surface area contributed by atoms with Gasteiger partial charge in [-0.25, -0.2) is 0 Å². The van der Waals surface area contributed by atoms with Crippen molar-refractivity contribution >= 4 is 29.2 Å². The van der Waals surface area contributed by atoms with E-state index < -0.39 is 16.7 Å². The fourth-order valence-corrected chi connectivity index (χ4v) is 2.57. The summed E-state index contributed by atoms with van der Waals surface area (Å²) < 4.78 is 4.96. The maximum absolute atomic E-state index is 12.2. The van der Waals surface area contributed by atoms with Crippen LogP contribution in [0.5, 0.6) is 0 Å². The number of carbonyl (C=O) groups is 3. The van der Waals surface area contributed by atoms with Gasteiger partial charge in [0.2, 0.25) is 0 Å². The van der Waals surface area contributed by atoms with Crippen LogP contribution in [0.4, 0.5) is 11.4 Å². The molecule has 1 aromatic rings. The van der Waals surface area contributed by atoms with E-state index >= 15 is 0 Å². The van der Waals surface area contributed by atoms with Crippen LogP contribution < -0.4 is 5.32 Å². The molecule has 0 aromatic heterocycles. The number of ether oxygens (including phenoxy) is 1. The number of non-ortho nitro benzene ring substituents is 1. The molecule has 0 saturated carbocycles. The van der Waals surface area contributed by atoms with E-state index in [1.54, 1.807) is 6.92 Å². The lowest BCUT2D eigenvalue weighted by atomic mass is 9.97. The van der Waals surface area contributed by atoms with Gasteiger partial charge in [0.05, 0.1) is 17.4 Å². The zero-order chi connectivity index (χ0) is 18.4. The van der Waals surface area contributed by atoms with Crippen molar-refractivity contribution < 1.29 is 24.0 Å². The number of piperidine rings is 1. The van der Waals surface area contributed by atoms with Gasteiger partial charge in [-0.1, -0.05) is 0 Å². The van der Waals surface area contributed by atoms with Gasteiger partial charge in [0.15, 0.2) is 0 Å². The number of rotatable bonds is 4. The van der Waals surface area contributed by atoms with E-state index in [1.165, 1.54) is 29.2 Å². The van der Waals surface area contributed by atoms with Crippen molar-refractivity contribution in [1.29, 1.82) is 0 Å². The van der Waals surface area contributed by atoms with Gasteiger partial charge < -0.3 is 15.0 Å². The quantitative estimate of drug-likeness (QED) is 0.379. The number of anilines is 1. The van der Waals surface area contributed by atoms with Gasteiger partial charge in [-0.05, 0) is 31.9 Å². The standard InChI is InChI=1S/C16H19N3O6/c1-2-25-16(22)11-7-9-18(10-8-11)15(21)14(20)17-12-3-5-13(6-4-12)19(23)24/h3-6,11H,2,7-10H2,1H3,(H,17,20). The monoisotopic (exact) mass is 349 g/mol. The number of nitrogens with one attached hydrogen (secondary N) is 1. The van der Waals surface area contributed by atoms with Crippen molar-refractivity contribution in [3.63, 3.8) is 0 Å². The summed E-state index contributed by atoms with van der Waals surface area (Å²) in [5, 5.41) is 13.0. The van der Waals surface area contributed by atoms with Crippen LogP contribution in [0, 0.1) is 16.0 Å². The number of hydrogen-bond acceptors (Lipinski definition) is 6. The minimum Gasteiger partial charge on any atom is -0.466 e. The molecule has 0 aliphatic carbocycles. The molecule has 134 valence electrons. The molecule has 2 rings (SSSR count). The smallest absolute Gasteiger partial charge is 0.313 e. The topological polar surface area (TPSA) is 119 Å². The summed E-state index contributed by atoms with van der Waals surface area (Å²) in [5.41, 5.74) is 0.190. The van der Waals surface area contributed by atoms with Crippen LogP contribution in [0.3, 0.4) is 0 Å². The Morgan fingerprint density at radius 2 is 1.84 bits per heavy atom. The van der Waals surface area contributed by atoms with Crippen LogP contribution in [0.15, 0.2) is 24.3 Å². The third kappa shape index (κ3) is 4.75. The fourth-order valence-electron chi connectivity index (χ4n) is 2.57. The maximum atomic E-state index is 12.2. The summed E-state index contributed by atoms with van der Waals surface area (Å²) in [5.74, 6) is -2.03. The molecule has 1 aromatic carbocycles. The van der Waals surface area contributed by atoms with Gasteiger partial charge in [-0.2, -0.15) is 0 Å². The zero-order valence-corrected chi connectivity index (χ0v) is 13.8. The normalized spacial score (nSPS) is 14.7. The van der Waals surface area contributed by atoms with Gasteiger partial charge in [-0.3, -0.25) is 24.5 Å². The molecule has 9 nitrogen and oxygen atoms in total. The Kier molecular flexibility index (Phi) is 6.04. The second-order valence-corrected chi connectivity index (χ2v) is 5.58. The highest BCUT2D eigenvalue weighted by Crippen LogP contribution is 2.19. The van der Waals surface area contributed by atoms with Gasteiger partial charge >= 0.3 is 17.8 Å². The van der Waals surface area contributed by atoms with Crippen LogP contribution in [0.2, 0.25) is 0 Å². The van der Waals surface area contributed by atoms with E-state index in [2.05, 4.69) is 5.32 Å². The van der Waals surface area contributed by atoms with Crippen LogP contribution in [0.1, 0.15) is 19.8 Å². The third-order valence-electron chi connectivity index (χ3n) is 3.93. The highest BCUT2D eigenvalue weighted by atomic mass is 16.6. The molecule has 2 amide bonds. The van der Waals surface area contributed by atoms with Gasteiger partial charge in [0.1, 0.15) is 0 Å². The number of hydrogen-bond donors (Lipinski definition) is 1. The molecule has 1 fully saturated rings. The Labute approximate surface area is 144 Å². The number of benzene rings is 1. The summed E-state index contributed by atoms with van der Waals surface area (Å²) in [6.45, 7) is 2.65. The molecule has 1 N–H and O–H groups in total. The van der Waals surface area contributed by atoms with Crippen LogP contribution in [0.25, 0.3) is 0 Å². The molecular weight excluding hydrogens is 330 g/mol. The summed E-state index contributed by atoms with van der Waals surface area (Å²) in [6, 6.07) is 5.20. The molecule has 0 spiro atoms. The van der Waals surface area contributed by atoms with Crippen molar-refractivity contribution in [2.24, 2.45) is 5.92 Å². The first kappa shape index (κ1) is 18.4. The van der Waals surface area contributed by atoms with Crippen LogP contribution >= 0.6 is 0 Å². The lowest BCUT2D eigenvalue weighted by molar-refractivity contribution is -0.384. The van der Waals surface area contributed by atoms with Crippen molar-refractivity contribution in [2.75, 3.05) is 25.0 Å². The first-order chi connectivity index (χ1) is 11.9. The number of amides is 2. The molecular formula is C16H19N3O6. The van der Waals surface area contributed by atoms with E-state index in [4.69, 9.17) is 4.74 Å². The molecule has 25 heavy (non-hydrogen) atoms. The molecule has 0 radical (unpaired) electrons. The highest BCUT2D eigenvalue weighted by Gasteiger charge is 2.30. The summed E-state index contributed by atoms with van der Waals surface area (Å²) in [4.78, 5) is 47.3. The Morgan fingerprint density at radius 3 is 2.36 bits per heavy atom. The highest BCUT2D eigenvalue weighted by molar-refractivity contribution is 6.39. The molecule has 1 aliphatic heterocycles. The SMILES string of the molecule is CCOC(=O)C1CCN(C(=O)C(=O)Nc2ccc([N+](=O)[O-])cc2)CC1. The molecule has 9 heteroatoms. The second-order valence-electron chi connectivity index (χ2n) is 5.58. The average molecular weight is 349 g/mol. The van der Waals surface area contributed by atoms with E-state index in [0.717, 1.165) is 0 Å². The third-order valence-corrected chi connectivity index (χ3v) is 3.93. The van der Waals surface area contributed by atoms with Gasteiger partial charge in [0.25, 0.3) is 5.69 Å². The van der Waals surface area contributed by atoms with Crippen molar-refractivity contribution in [3.8, 4) is 0 Å². The number of nitrogens with zero attached hydrogens (tertiary/aromatic N) is 2. The Bertz CT molecular complexity index is 665. The van der Waals surface area contributed by atoms with E-state index in [-0.39, 0.29) is 17.6 Å². The summed E-state index contributed by atoms with van der Waals surface area (Å²) in [7, 11) is 0. The van der Waals surface area contributed by atoms with E-state index in [0.29, 0.717) is 38.2 Å². The molecule has 0 unspecified atom stereocenters. The first-order valence-corrected chi connectivity index (χ1v) is 7.93. The fraction of sp³-hybridized carbons (Fsp3) is 0.438. The minimum atomic E-state index is -0.816. The molecule has 1 heterocycles. The summed E-state index contributed by atoms with van der Waals surface area (Å²) >= 11 is 0. The van der Waals surface area contributed by atoms with Crippen molar-refractivity contribution in [3.05, 3.63) is 34.4 Å². The number of esters is 1. The Hall–Kier alpha value is -2.97. The number of nitro groups is 1. The molecule has 0 bridgehead atoms. The minimum absolute atomic E-state index is 0.106.